The van der Waals surface area contributed by atoms with Gasteiger partial charge in [-0.2, -0.15) is 0 Å². The first kappa shape index (κ1) is 18.9. The van der Waals surface area contributed by atoms with E-state index in [0.29, 0.717) is 5.03 Å². The minimum Gasteiger partial charge on any atom is -0.325 e. The summed E-state index contributed by atoms with van der Waals surface area (Å²) in [7, 11) is 0. The Balaban J connectivity index is 1.72. The normalized spacial score (nSPS) is 10.6. The first-order chi connectivity index (χ1) is 13.1. The number of aryl methyl sites for hydroxylation is 2. The van der Waals surface area contributed by atoms with Gasteiger partial charge in [0, 0.05) is 23.8 Å². The van der Waals surface area contributed by atoms with Crippen molar-refractivity contribution in [3.8, 4) is 5.69 Å². The number of hydrogen-bond acceptors (Lipinski definition) is 4. The van der Waals surface area contributed by atoms with Gasteiger partial charge in [-0.15, -0.1) is 0 Å². The molecule has 0 aliphatic heterocycles. The molecular formula is C21H21N3O2S. The quantitative estimate of drug-likeness (QED) is 0.661. The van der Waals surface area contributed by atoms with E-state index < -0.39 is 0 Å². The average molecular weight is 379 g/mol. The zero-order chi connectivity index (χ0) is 19.2. The Kier molecular flexibility index (Phi) is 6.08. The maximum Gasteiger partial charge on any atom is 0.287 e. The maximum atomic E-state index is 12.7. The van der Waals surface area contributed by atoms with Gasteiger partial charge in [-0.25, -0.2) is 4.98 Å². The summed E-state index contributed by atoms with van der Waals surface area (Å²) in [6.07, 6.45) is 4.06. The van der Waals surface area contributed by atoms with Gasteiger partial charge >= 0.3 is 0 Å². The molecule has 0 spiro atoms. The summed E-state index contributed by atoms with van der Waals surface area (Å²) in [5, 5.41) is 3.21. The van der Waals surface area contributed by atoms with E-state index in [2.05, 4.69) is 10.3 Å². The molecule has 0 aliphatic rings. The molecular weight excluding hydrogens is 358 g/mol. The smallest absolute Gasteiger partial charge is 0.287 e. The van der Waals surface area contributed by atoms with Crippen LogP contribution in [0.5, 0.6) is 0 Å². The number of rotatable bonds is 6. The van der Waals surface area contributed by atoms with Crippen LogP contribution in [0.2, 0.25) is 0 Å². The van der Waals surface area contributed by atoms with Crippen LogP contribution in [0.15, 0.2) is 70.7 Å². The Morgan fingerprint density at radius 3 is 2.78 bits per heavy atom. The van der Waals surface area contributed by atoms with Crippen molar-refractivity contribution < 1.29 is 4.79 Å². The summed E-state index contributed by atoms with van der Waals surface area (Å²) in [5.41, 5.74) is 3.51. The minimum atomic E-state index is -0.227. The molecule has 0 aliphatic carbocycles. The van der Waals surface area contributed by atoms with Gasteiger partial charge in [-0.1, -0.05) is 49.0 Å². The summed E-state index contributed by atoms with van der Waals surface area (Å²) in [5.74, 6) is -0.0361. The molecule has 27 heavy (non-hydrogen) atoms. The molecule has 0 atom stereocenters. The number of carbonyl (C=O) groups is 1. The molecule has 0 fully saturated rings. The number of hydrogen-bond donors (Lipinski definition) is 1. The standard InChI is InChI=1S/C21H21N3O2S/c1-3-16-8-4-5-10-18(16)23-19(25)14-27-20-21(26)24(12-11-22-20)17-9-6-7-15(2)13-17/h4-13H,3,14H2,1-2H3,(H,23,25). The van der Waals surface area contributed by atoms with E-state index in [9.17, 15) is 9.59 Å². The van der Waals surface area contributed by atoms with Crippen molar-refractivity contribution in [2.45, 2.75) is 25.3 Å². The van der Waals surface area contributed by atoms with Gasteiger partial charge < -0.3 is 5.32 Å². The SMILES string of the molecule is CCc1ccccc1NC(=O)CSc1nccn(-c2cccc(C)c2)c1=O. The van der Waals surface area contributed by atoms with Crippen molar-refractivity contribution in [1.29, 1.82) is 0 Å². The van der Waals surface area contributed by atoms with E-state index in [-0.39, 0.29) is 17.2 Å². The van der Waals surface area contributed by atoms with Crippen LogP contribution in [0, 0.1) is 6.92 Å². The third-order valence-electron chi connectivity index (χ3n) is 4.10. The molecule has 1 aromatic heterocycles. The second kappa shape index (κ2) is 8.68. The number of aromatic nitrogens is 2. The van der Waals surface area contributed by atoms with Crippen LogP contribution in [0.3, 0.4) is 0 Å². The van der Waals surface area contributed by atoms with Crippen molar-refractivity contribution in [2.24, 2.45) is 0 Å². The molecule has 2 aromatic carbocycles. The van der Waals surface area contributed by atoms with Gasteiger partial charge in [0.2, 0.25) is 5.91 Å². The van der Waals surface area contributed by atoms with Crippen molar-refractivity contribution in [3.63, 3.8) is 0 Å². The minimum absolute atomic E-state index is 0.123. The molecule has 3 rings (SSSR count). The van der Waals surface area contributed by atoms with E-state index in [1.807, 2.05) is 62.4 Å². The molecule has 138 valence electrons. The number of amides is 1. The average Bonchev–Trinajstić information content (AvgIpc) is 2.67. The van der Waals surface area contributed by atoms with Crippen LogP contribution in [0.4, 0.5) is 5.69 Å². The summed E-state index contributed by atoms with van der Waals surface area (Å²) in [6, 6.07) is 15.4. The van der Waals surface area contributed by atoms with Gasteiger partial charge in [-0.05, 0) is 42.7 Å². The number of para-hydroxylation sites is 1. The number of anilines is 1. The zero-order valence-electron chi connectivity index (χ0n) is 15.3. The summed E-state index contributed by atoms with van der Waals surface area (Å²) in [6.45, 7) is 4.02. The Hall–Kier alpha value is -2.86. The van der Waals surface area contributed by atoms with Crippen LogP contribution < -0.4 is 10.9 Å². The Labute approximate surface area is 162 Å². The number of nitrogens with zero attached hydrogens (tertiary/aromatic N) is 2. The Morgan fingerprint density at radius 1 is 1.19 bits per heavy atom. The molecule has 0 unspecified atom stereocenters. The lowest BCUT2D eigenvalue weighted by molar-refractivity contribution is -0.113. The highest BCUT2D eigenvalue weighted by atomic mass is 32.2. The molecule has 0 bridgehead atoms. The van der Waals surface area contributed by atoms with Crippen LogP contribution in [-0.4, -0.2) is 21.2 Å². The van der Waals surface area contributed by atoms with Crippen molar-refractivity contribution in [3.05, 3.63) is 82.4 Å². The molecule has 3 aromatic rings. The molecule has 0 saturated heterocycles. The summed E-state index contributed by atoms with van der Waals surface area (Å²) < 4.78 is 1.55. The summed E-state index contributed by atoms with van der Waals surface area (Å²) in [4.78, 5) is 29.1. The highest BCUT2D eigenvalue weighted by molar-refractivity contribution is 7.99. The van der Waals surface area contributed by atoms with Gasteiger partial charge in [0.25, 0.3) is 5.56 Å². The van der Waals surface area contributed by atoms with Crippen LogP contribution >= 0.6 is 11.8 Å². The molecule has 1 N–H and O–H groups in total. The third kappa shape index (κ3) is 4.65. The lowest BCUT2D eigenvalue weighted by Crippen LogP contribution is -2.22. The third-order valence-corrected chi connectivity index (χ3v) is 5.06. The van der Waals surface area contributed by atoms with Crippen molar-refractivity contribution in [2.75, 3.05) is 11.1 Å². The van der Waals surface area contributed by atoms with E-state index >= 15 is 0 Å². The predicted molar refractivity (Wildman–Crippen MR) is 110 cm³/mol. The number of benzene rings is 2. The number of thioether (sulfide) groups is 1. The molecule has 0 saturated carbocycles. The lowest BCUT2D eigenvalue weighted by Gasteiger charge is -2.10. The summed E-state index contributed by atoms with van der Waals surface area (Å²) >= 11 is 1.14. The highest BCUT2D eigenvalue weighted by Gasteiger charge is 2.11. The van der Waals surface area contributed by atoms with Crippen molar-refractivity contribution in [1.82, 2.24) is 9.55 Å². The topological polar surface area (TPSA) is 64.0 Å². The fourth-order valence-corrected chi connectivity index (χ4v) is 3.44. The van der Waals surface area contributed by atoms with E-state index in [4.69, 9.17) is 0 Å². The van der Waals surface area contributed by atoms with E-state index in [1.165, 1.54) is 0 Å². The monoisotopic (exact) mass is 379 g/mol. The van der Waals surface area contributed by atoms with Gasteiger partial charge in [0.1, 0.15) is 0 Å². The molecule has 1 heterocycles. The Bertz CT molecular complexity index is 1010. The highest BCUT2D eigenvalue weighted by Crippen LogP contribution is 2.17. The zero-order valence-corrected chi connectivity index (χ0v) is 16.1. The fraction of sp³-hybridized carbons (Fsp3) is 0.190. The molecule has 5 nitrogen and oxygen atoms in total. The fourth-order valence-electron chi connectivity index (χ4n) is 2.74. The molecule has 6 heteroatoms. The van der Waals surface area contributed by atoms with Crippen LogP contribution in [-0.2, 0) is 11.2 Å². The first-order valence-corrected chi connectivity index (χ1v) is 9.72. The first-order valence-electron chi connectivity index (χ1n) is 8.73. The Morgan fingerprint density at radius 2 is 2.00 bits per heavy atom. The van der Waals surface area contributed by atoms with Gasteiger partial charge in [0.15, 0.2) is 5.03 Å². The molecule has 1 amide bonds. The lowest BCUT2D eigenvalue weighted by atomic mass is 10.1. The van der Waals surface area contributed by atoms with Crippen LogP contribution in [0.1, 0.15) is 18.1 Å². The van der Waals surface area contributed by atoms with E-state index in [1.54, 1.807) is 17.0 Å². The second-order valence-corrected chi connectivity index (χ2v) is 7.06. The van der Waals surface area contributed by atoms with E-state index in [0.717, 1.165) is 40.7 Å². The number of carbonyl (C=O) groups excluding carboxylic acids is 1. The molecule has 0 radical (unpaired) electrons. The predicted octanol–water partition coefficient (Wildman–Crippen LogP) is 3.83. The van der Waals surface area contributed by atoms with Crippen LogP contribution in [0.25, 0.3) is 5.69 Å². The largest absolute Gasteiger partial charge is 0.325 e. The number of nitrogens with one attached hydrogen (secondary N) is 1. The maximum absolute atomic E-state index is 12.7. The second-order valence-electron chi connectivity index (χ2n) is 6.09. The van der Waals surface area contributed by atoms with Gasteiger partial charge in [-0.3, -0.25) is 14.2 Å². The van der Waals surface area contributed by atoms with Crippen molar-refractivity contribution >= 4 is 23.4 Å². The van der Waals surface area contributed by atoms with Gasteiger partial charge in [0.05, 0.1) is 5.75 Å².